The Morgan fingerprint density at radius 1 is 1.24 bits per heavy atom. The number of nitrogens with one attached hydrogen (secondary N) is 1. The molecule has 0 aliphatic rings. The molecule has 1 amide bonds. The van der Waals surface area contributed by atoms with Gasteiger partial charge in [0.15, 0.2) is 5.82 Å². The molecule has 3 rings (SSSR count). The van der Waals surface area contributed by atoms with Gasteiger partial charge in [0.05, 0.1) is 5.75 Å². The normalized spacial score (nSPS) is 10.6. The quantitative estimate of drug-likeness (QED) is 0.529. The van der Waals surface area contributed by atoms with Gasteiger partial charge in [-0.1, -0.05) is 53.2 Å². The summed E-state index contributed by atoms with van der Waals surface area (Å²) in [7, 11) is 0. The van der Waals surface area contributed by atoms with Crippen LogP contribution in [0.4, 0.5) is 5.69 Å². The van der Waals surface area contributed by atoms with E-state index in [1.807, 2.05) is 43.3 Å². The highest BCUT2D eigenvalue weighted by atomic mass is 35.5. The van der Waals surface area contributed by atoms with Crippen LogP contribution in [0.3, 0.4) is 0 Å². The summed E-state index contributed by atoms with van der Waals surface area (Å²) < 4.78 is 1.36. The molecule has 8 heteroatoms. The van der Waals surface area contributed by atoms with E-state index in [-0.39, 0.29) is 11.7 Å². The van der Waals surface area contributed by atoms with E-state index >= 15 is 0 Å². The SMILES string of the molecule is Cc1ccc(NC(=O)CSc2nnc(-c3cccc(Cl)c3)n2N)cc1. The molecule has 0 atom stereocenters. The van der Waals surface area contributed by atoms with Gasteiger partial charge < -0.3 is 11.2 Å². The minimum atomic E-state index is -0.138. The number of carbonyl (C=O) groups is 1. The van der Waals surface area contributed by atoms with E-state index in [0.717, 1.165) is 16.8 Å². The zero-order chi connectivity index (χ0) is 17.8. The predicted octanol–water partition coefficient (Wildman–Crippen LogP) is 3.35. The monoisotopic (exact) mass is 373 g/mol. The maximum absolute atomic E-state index is 12.1. The smallest absolute Gasteiger partial charge is 0.234 e. The summed E-state index contributed by atoms with van der Waals surface area (Å²) in [6, 6.07) is 14.8. The molecule has 0 fully saturated rings. The average Bonchev–Trinajstić information content (AvgIpc) is 2.96. The van der Waals surface area contributed by atoms with Crippen LogP contribution in [0.1, 0.15) is 5.56 Å². The van der Waals surface area contributed by atoms with E-state index in [9.17, 15) is 4.79 Å². The summed E-state index contributed by atoms with van der Waals surface area (Å²) in [6.07, 6.45) is 0. The van der Waals surface area contributed by atoms with Crippen LogP contribution in [0.2, 0.25) is 5.02 Å². The maximum atomic E-state index is 12.1. The number of nitrogen functional groups attached to an aromatic ring is 1. The van der Waals surface area contributed by atoms with Crippen LogP contribution < -0.4 is 11.2 Å². The first kappa shape index (κ1) is 17.3. The second-order valence-electron chi connectivity index (χ2n) is 5.39. The van der Waals surface area contributed by atoms with Crippen molar-refractivity contribution in [1.82, 2.24) is 14.9 Å². The van der Waals surface area contributed by atoms with Crippen molar-refractivity contribution >= 4 is 35.0 Å². The predicted molar refractivity (Wildman–Crippen MR) is 101 cm³/mol. The first-order valence-electron chi connectivity index (χ1n) is 7.48. The summed E-state index contributed by atoms with van der Waals surface area (Å²) in [5.74, 6) is 6.57. The molecular weight excluding hydrogens is 358 g/mol. The van der Waals surface area contributed by atoms with Crippen molar-refractivity contribution in [2.45, 2.75) is 12.1 Å². The Labute approximate surface area is 154 Å². The van der Waals surface area contributed by atoms with E-state index in [0.29, 0.717) is 16.0 Å². The third-order valence-corrected chi connectivity index (χ3v) is 4.59. The number of nitrogens with two attached hydrogens (primary N) is 1. The van der Waals surface area contributed by atoms with E-state index in [1.165, 1.54) is 16.4 Å². The topological polar surface area (TPSA) is 85.8 Å². The minimum Gasteiger partial charge on any atom is -0.335 e. The number of aromatic nitrogens is 3. The van der Waals surface area contributed by atoms with Gasteiger partial charge in [-0.05, 0) is 31.2 Å². The Morgan fingerprint density at radius 2 is 2.00 bits per heavy atom. The van der Waals surface area contributed by atoms with Crippen LogP contribution in [-0.4, -0.2) is 26.5 Å². The van der Waals surface area contributed by atoms with E-state index in [4.69, 9.17) is 17.4 Å². The van der Waals surface area contributed by atoms with Gasteiger partial charge in [0.2, 0.25) is 11.1 Å². The molecule has 1 aromatic heterocycles. The lowest BCUT2D eigenvalue weighted by Gasteiger charge is -2.06. The number of hydrogen-bond acceptors (Lipinski definition) is 5. The fourth-order valence-corrected chi connectivity index (χ4v) is 3.01. The van der Waals surface area contributed by atoms with Crippen molar-refractivity contribution in [2.24, 2.45) is 0 Å². The molecule has 6 nitrogen and oxygen atoms in total. The third kappa shape index (κ3) is 4.32. The van der Waals surface area contributed by atoms with Gasteiger partial charge in [0.25, 0.3) is 0 Å². The zero-order valence-electron chi connectivity index (χ0n) is 13.4. The zero-order valence-corrected chi connectivity index (χ0v) is 15.0. The van der Waals surface area contributed by atoms with Gasteiger partial charge in [-0.3, -0.25) is 4.79 Å². The van der Waals surface area contributed by atoms with Gasteiger partial charge in [-0.25, -0.2) is 4.68 Å². The molecule has 0 saturated carbocycles. The fraction of sp³-hybridized carbons (Fsp3) is 0.118. The van der Waals surface area contributed by atoms with Crippen molar-refractivity contribution in [3.8, 4) is 11.4 Å². The van der Waals surface area contributed by atoms with Crippen molar-refractivity contribution < 1.29 is 4.79 Å². The van der Waals surface area contributed by atoms with Crippen molar-refractivity contribution in [3.63, 3.8) is 0 Å². The number of thioether (sulfide) groups is 1. The molecule has 0 aliphatic carbocycles. The summed E-state index contributed by atoms with van der Waals surface area (Å²) in [4.78, 5) is 12.1. The molecule has 1 heterocycles. The second kappa shape index (κ2) is 7.58. The Hall–Kier alpha value is -2.51. The number of aryl methyl sites for hydroxylation is 1. The molecule has 0 aliphatic heterocycles. The van der Waals surface area contributed by atoms with Gasteiger partial charge in [-0.15, -0.1) is 10.2 Å². The van der Waals surface area contributed by atoms with Gasteiger partial charge in [-0.2, -0.15) is 0 Å². The molecular formula is C17H16ClN5OS. The van der Waals surface area contributed by atoms with Crippen molar-refractivity contribution in [1.29, 1.82) is 0 Å². The number of hydrogen-bond donors (Lipinski definition) is 2. The van der Waals surface area contributed by atoms with Crippen LogP contribution in [0, 0.1) is 6.92 Å². The number of nitrogens with zero attached hydrogens (tertiary/aromatic N) is 3. The number of amides is 1. The van der Waals surface area contributed by atoms with Crippen LogP contribution in [0.5, 0.6) is 0 Å². The Bertz CT molecular complexity index is 894. The first-order chi connectivity index (χ1) is 12.0. The van der Waals surface area contributed by atoms with E-state index in [1.54, 1.807) is 12.1 Å². The molecule has 0 unspecified atom stereocenters. The summed E-state index contributed by atoms with van der Waals surface area (Å²) in [6.45, 7) is 1.99. The number of halogens is 1. The molecule has 2 aromatic carbocycles. The first-order valence-corrected chi connectivity index (χ1v) is 8.85. The average molecular weight is 374 g/mol. The van der Waals surface area contributed by atoms with Crippen LogP contribution in [0.25, 0.3) is 11.4 Å². The van der Waals surface area contributed by atoms with Crippen LogP contribution in [-0.2, 0) is 4.79 Å². The number of carbonyl (C=O) groups excluding carboxylic acids is 1. The number of rotatable bonds is 5. The van der Waals surface area contributed by atoms with Crippen molar-refractivity contribution in [2.75, 3.05) is 16.9 Å². The highest BCUT2D eigenvalue weighted by Crippen LogP contribution is 2.23. The molecule has 25 heavy (non-hydrogen) atoms. The Kier molecular flexibility index (Phi) is 5.25. The van der Waals surface area contributed by atoms with Crippen molar-refractivity contribution in [3.05, 3.63) is 59.1 Å². The molecule has 0 saturated heterocycles. The third-order valence-electron chi connectivity index (χ3n) is 3.42. The Morgan fingerprint density at radius 3 is 2.72 bits per heavy atom. The van der Waals surface area contributed by atoms with Gasteiger partial charge in [0, 0.05) is 16.3 Å². The lowest BCUT2D eigenvalue weighted by atomic mass is 10.2. The molecule has 0 spiro atoms. The molecule has 0 bridgehead atoms. The lowest BCUT2D eigenvalue weighted by molar-refractivity contribution is -0.113. The number of anilines is 1. The largest absolute Gasteiger partial charge is 0.335 e. The molecule has 3 aromatic rings. The second-order valence-corrected chi connectivity index (χ2v) is 6.77. The number of benzene rings is 2. The Balaban J connectivity index is 1.64. The fourth-order valence-electron chi connectivity index (χ4n) is 2.16. The van der Waals surface area contributed by atoms with Crippen LogP contribution in [0.15, 0.2) is 53.7 Å². The van der Waals surface area contributed by atoms with E-state index in [2.05, 4.69) is 15.5 Å². The van der Waals surface area contributed by atoms with Crippen LogP contribution >= 0.6 is 23.4 Å². The standard InChI is InChI=1S/C17H16ClN5OS/c1-11-5-7-14(8-6-11)20-15(24)10-25-17-22-21-16(23(17)19)12-3-2-4-13(18)9-12/h2-9H,10,19H2,1H3,(H,20,24). The van der Waals surface area contributed by atoms with Gasteiger partial charge >= 0.3 is 0 Å². The molecule has 0 radical (unpaired) electrons. The molecule has 128 valence electrons. The summed E-state index contributed by atoms with van der Waals surface area (Å²) in [5.41, 5.74) is 2.65. The molecule has 3 N–H and O–H groups in total. The lowest BCUT2D eigenvalue weighted by Crippen LogP contribution is -2.16. The summed E-state index contributed by atoms with van der Waals surface area (Å²) >= 11 is 7.20. The highest BCUT2D eigenvalue weighted by Gasteiger charge is 2.14. The highest BCUT2D eigenvalue weighted by molar-refractivity contribution is 7.99. The maximum Gasteiger partial charge on any atom is 0.234 e. The van der Waals surface area contributed by atoms with Gasteiger partial charge in [0.1, 0.15) is 0 Å². The van der Waals surface area contributed by atoms with E-state index < -0.39 is 0 Å². The minimum absolute atomic E-state index is 0.138. The summed E-state index contributed by atoms with van der Waals surface area (Å²) in [5, 5.41) is 12.0.